The average molecular weight is 281 g/mol. The first-order valence-corrected chi connectivity index (χ1v) is 7.71. The lowest BCUT2D eigenvalue weighted by Gasteiger charge is -2.22. The van der Waals surface area contributed by atoms with Crippen molar-refractivity contribution in [2.75, 3.05) is 0 Å². The summed E-state index contributed by atoms with van der Waals surface area (Å²) >= 11 is 0. The molecule has 0 saturated carbocycles. The van der Waals surface area contributed by atoms with Crippen LogP contribution in [-0.2, 0) is 13.0 Å². The van der Waals surface area contributed by atoms with Crippen LogP contribution in [0.15, 0.2) is 36.4 Å². The first-order valence-electron chi connectivity index (χ1n) is 7.71. The van der Waals surface area contributed by atoms with Crippen LogP contribution >= 0.6 is 0 Å². The van der Waals surface area contributed by atoms with E-state index in [9.17, 15) is 0 Å². The van der Waals surface area contributed by atoms with Gasteiger partial charge in [-0.2, -0.15) is 0 Å². The highest BCUT2D eigenvalue weighted by Gasteiger charge is 2.17. The smallest absolute Gasteiger partial charge is 0.120 e. The molecule has 3 rings (SSSR count). The zero-order valence-electron chi connectivity index (χ0n) is 12.9. The fraction of sp³-hybridized carbons (Fsp3) is 0.368. The fourth-order valence-corrected chi connectivity index (χ4v) is 2.96. The number of rotatable bonds is 3. The van der Waals surface area contributed by atoms with Gasteiger partial charge in [0.2, 0.25) is 0 Å². The zero-order chi connectivity index (χ0) is 14.8. The molecule has 2 N–H and O–H groups in total. The molecule has 0 aromatic heterocycles. The molecule has 2 nitrogen and oxygen atoms in total. The van der Waals surface area contributed by atoms with Gasteiger partial charge >= 0.3 is 0 Å². The summed E-state index contributed by atoms with van der Waals surface area (Å²) in [6, 6.07) is 13.0. The molecule has 0 fully saturated rings. The molecular weight excluding hydrogens is 258 g/mol. The topological polar surface area (TPSA) is 35.2 Å². The van der Waals surface area contributed by atoms with E-state index >= 15 is 0 Å². The maximum absolute atomic E-state index is 6.20. The van der Waals surface area contributed by atoms with Crippen LogP contribution in [0.4, 0.5) is 0 Å². The molecule has 110 valence electrons. The monoisotopic (exact) mass is 281 g/mol. The molecule has 0 bridgehead atoms. The summed E-state index contributed by atoms with van der Waals surface area (Å²) in [5.41, 5.74) is 12.7. The van der Waals surface area contributed by atoms with Crippen LogP contribution in [0, 0.1) is 13.8 Å². The summed E-state index contributed by atoms with van der Waals surface area (Å²) in [7, 11) is 0. The minimum absolute atomic E-state index is 0.166. The van der Waals surface area contributed by atoms with Crippen LogP contribution in [0.3, 0.4) is 0 Å². The summed E-state index contributed by atoms with van der Waals surface area (Å²) < 4.78 is 5.95. The zero-order valence-corrected chi connectivity index (χ0v) is 12.9. The van der Waals surface area contributed by atoms with Gasteiger partial charge in [-0.25, -0.2) is 0 Å². The normalized spacial score (nSPS) is 17.4. The minimum Gasteiger partial charge on any atom is -0.489 e. The van der Waals surface area contributed by atoms with E-state index in [4.69, 9.17) is 10.5 Å². The van der Waals surface area contributed by atoms with Crippen LogP contribution in [0.25, 0.3) is 0 Å². The molecule has 2 heteroatoms. The molecule has 0 radical (unpaired) electrons. The summed E-state index contributed by atoms with van der Waals surface area (Å²) in [5.74, 6) is 0.921. The quantitative estimate of drug-likeness (QED) is 0.914. The van der Waals surface area contributed by atoms with Crippen molar-refractivity contribution >= 4 is 0 Å². The highest BCUT2D eigenvalue weighted by Crippen LogP contribution is 2.31. The molecule has 0 heterocycles. The highest BCUT2D eigenvalue weighted by atomic mass is 16.5. The summed E-state index contributed by atoms with van der Waals surface area (Å²) in [4.78, 5) is 0. The van der Waals surface area contributed by atoms with Crippen molar-refractivity contribution in [3.63, 3.8) is 0 Å². The van der Waals surface area contributed by atoms with E-state index in [0.717, 1.165) is 18.6 Å². The number of aryl methyl sites for hydroxylation is 3. The SMILES string of the molecule is Cc1ccc(COc2ccc3c(c2)C(N)CCC3)cc1C. The third-order valence-corrected chi connectivity index (χ3v) is 4.45. The summed E-state index contributed by atoms with van der Waals surface area (Å²) in [6.07, 6.45) is 3.41. The summed E-state index contributed by atoms with van der Waals surface area (Å²) in [6.45, 7) is 4.87. The Morgan fingerprint density at radius 2 is 1.95 bits per heavy atom. The van der Waals surface area contributed by atoms with Crippen molar-refractivity contribution in [3.8, 4) is 5.75 Å². The van der Waals surface area contributed by atoms with E-state index < -0.39 is 0 Å². The van der Waals surface area contributed by atoms with Gasteiger partial charge in [0.1, 0.15) is 12.4 Å². The van der Waals surface area contributed by atoms with Crippen LogP contribution in [0.1, 0.15) is 46.7 Å². The van der Waals surface area contributed by atoms with Gasteiger partial charge in [-0.3, -0.25) is 0 Å². The number of hydrogen-bond donors (Lipinski definition) is 1. The van der Waals surface area contributed by atoms with Gasteiger partial charge in [0.15, 0.2) is 0 Å². The predicted molar refractivity (Wildman–Crippen MR) is 86.6 cm³/mol. The van der Waals surface area contributed by atoms with E-state index in [1.165, 1.54) is 34.2 Å². The Morgan fingerprint density at radius 1 is 1.10 bits per heavy atom. The lowest BCUT2D eigenvalue weighted by molar-refractivity contribution is 0.305. The van der Waals surface area contributed by atoms with Gasteiger partial charge in [0, 0.05) is 6.04 Å². The van der Waals surface area contributed by atoms with Gasteiger partial charge in [-0.1, -0.05) is 24.3 Å². The Kier molecular flexibility index (Phi) is 3.98. The van der Waals surface area contributed by atoms with Crippen molar-refractivity contribution in [3.05, 3.63) is 64.2 Å². The Morgan fingerprint density at radius 3 is 2.76 bits per heavy atom. The Bertz CT molecular complexity index is 648. The van der Waals surface area contributed by atoms with Gasteiger partial charge in [-0.15, -0.1) is 0 Å². The first kappa shape index (κ1) is 14.2. The number of benzene rings is 2. The Hall–Kier alpha value is -1.80. The molecule has 1 atom stereocenters. The molecule has 0 spiro atoms. The van der Waals surface area contributed by atoms with E-state index in [0.29, 0.717) is 6.61 Å². The maximum Gasteiger partial charge on any atom is 0.120 e. The second-order valence-electron chi connectivity index (χ2n) is 6.07. The van der Waals surface area contributed by atoms with Crippen LogP contribution < -0.4 is 10.5 Å². The molecule has 1 unspecified atom stereocenters. The van der Waals surface area contributed by atoms with Gasteiger partial charge < -0.3 is 10.5 Å². The van der Waals surface area contributed by atoms with Gasteiger partial charge in [0.05, 0.1) is 0 Å². The maximum atomic E-state index is 6.20. The largest absolute Gasteiger partial charge is 0.489 e. The summed E-state index contributed by atoms with van der Waals surface area (Å²) in [5, 5.41) is 0. The van der Waals surface area contributed by atoms with Crippen LogP contribution in [0.5, 0.6) is 5.75 Å². The second-order valence-corrected chi connectivity index (χ2v) is 6.07. The predicted octanol–water partition coefficient (Wildman–Crippen LogP) is 4.22. The third kappa shape index (κ3) is 3.11. The second kappa shape index (κ2) is 5.90. The fourth-order valence-electron chi connectivity index (χ4n) is 2.96. The van der Waals surface area contributed by atoms with Crippen molar-refractivity contribution in [1.29, 1.82) is 0 Å². The van der Waals surface area contributed by atoms with E-state index in [2.05, 4.69) is 50.2 Å². The van der Waals surface area contributed by atoms with Crippen molar-refractivity contribution in [2.24, 2.45) is 5.73 Å². The molecule has 0 saturated heterocycles. The standard InChI is InChI=1S/C19H23NO/c1-13-6-7-15(10-14(13)2)12-21-17-9-8-16-4-3-5-19(20)18(16)11-17/h6-11,19H,3-5,12,20H2,1-2H3. The molecule has 1 aliphatic carbocycles. The average Bonchev–Trinajstić information content (AvgIpc) is 2.49. The molecule has 0 amide bonds. The van der Waals surface area contributed by atoms with E-state index in [1.54, 1.807) is 0 Å². The Labute approximate surface area is 126 Å². The molecule has 0 aliphatic heterocycles. The van der Waals surface area contributed by atoms with Crippen molar-refractivity contribution in [2.45, 2.75) is 45.8 Å². The lowest BCUT2D eigenvalue weighted by Crippen LogP contribution is -2.17. The molecule has 1 aliphatic rings. The minimum atomic E-state index is 0.166. The third-order valence-electron chi connectivity index (χ3n) is 4.45. The number of ether oxygens (including phenoxy) is 1. The molecular formula is C19H23NO. The van der Waals surface area contributed by atoms with E-state index in [-0.39, 0.29) is 6.04 Å². The van der Waals surface area contributed by atoms with Gasteiger partial charge in [0.25, 0.3) is 0 Å². The Balaban J connectivity index is 1.73. The lowest BCUT2D eigenvalue weighted by atomic mass is 9.88. The number of nitrogens with two attached hydrogens (primary N) is 1. The van der Waals surface area contributed by atoms with E-state index in [1.807, 2.05) is 0 Å². The van der Waals surface area contributed by atoms with Crippen molar-refractivity contribution in [1.82, 2.24) is 0 Å². The highest BCUT2D eigenvalue weighted by molar-refractivity contribution is 5.39. The molecule has 2 aromatic rings. The van der Waals surface area contributed by atoms with Crippen LogP contribution in [-0.4, -0.2) is 0 Å². The van der Waals surface area contributed by atoms with Crippen LogP contribution in [0.2, 0.25) is 0 Å². The first-order chi connectivity index (χ1) is 10.1. The van der Waals surface area contributed by atoms with Gasteiger partial charge in [-0.05, 0) is 73.1 Å². The number of fused-ring (bicyclic) bond motifs is 1. The van der Waals surface area contributed by atoms with Crippen molar-refractivity contribution < 1.29 is 4.74 Å². The molecule has 21 heavy (non-hydrogen) atoms. The molecule has 2 aromatic carbocycles. The number of hydrogen-bond acceptors (Lipinski definition) is 2.